The molecule has 3 heterocycles. The Kier molecular flexibility index (Phi) is 5.54. The van der Waals surface area contributed by atoms with E-state index in [1.54, 1.807) is 69.2 Å². The number of Topliss-reactive ketones (excluding diaryl/α,β-unsaturated/α-hetero) is 1. The highest BCUT2D eigenvalue weighted by atomic mass is 16.6. The van der Waals surface area contributed by atoms with E-state index < -0.39 is 10.3 Å². The monoisotopic (exact) mass is 517 g/mol. The maximum absolute atomic E-state index is 14.6. The van der Waals surface area contributed by atoms with Gasteiger partial charge in [0.2, 0.25) is 5.91 Å². The number of amides is 1. The summed E-state index contributed by atoms with van der Waals surface area (Å²) in [6, 6.07) is 19.3. The number of benzene rings is 2. The summed E-state index contributed by atoms with van der Waals surface area (Å²) in [5, 5.41) is 22.5. The van der Waals surface area contributed by atoms with Crippen LogP contribution in [0.15, 0.2) is 103 Å². The van der Waals surface area contributed by atoms with Crippen LogP contribution in [0.5, 0.6) is 0 Å². The van der Waals surface area contributed by atoms with Crippen LogP contribution in [-0.2, 0) is 15.0 Å². The van der Waals surface area contributed by atoms with Crippen molar-refractivity contribution < 1.29 is 14.5 Å². The zero-order valence-corrected chi connectivity index (χ0v) is 20.9. The standard InChI is InChI=1S/C30H23N5O4/c1-2-15-33-24-12-4-3-11-22(24)30(29(33)37)23(19-31)28(32-16-5-6-17-32)34(25-13-8-14-26(36)27(25)30)20-9-7-10-21(18-20)35(38)39/h2-7,9-12,16-18H,1,8,13-15H2. The number of fused-ring (bicyclic) bond motifs is 3. The largest absolute Gasteiger partial charge is 0.309 e. The highest BCUT2D eigenvalue weighted by Crippen LogP contribution is 2.58. The number of hydrogen-bond acceptors (Lipinski definition) is 6. The number of nitrogens with zero attached hydrogens (tertiary/aromatic N) is 5. The Bertz CT molecular complexity index is 1680. The first-order valence-corrected chi connectivity index (χ1v) is 12.6. The van der Waals surface area contributed by atoms with Gasteiger partial charge in [-0.3, -0.25) is 24.6 Å². The maximum atomic E-state index is 14.6. The number of nitro groups is 1. The van der Waals surface area contributed by atoms with Crippen molar-refractivity contribution in [1.29, 1.82) is 5.26 Å². The van der Waals surface area contributed by atoms with Gasteiger partial charge < -0.3 is 9.47 Å². The molecule has 0 saturated carbocycles. The van der Waals surface area contributed by atoms with Crippen molar-refractivity contribution in [2.75, 3.05) is 16.3 Å². The van der Waals surface area contributed by atoms with Gasteiger partial charge in [0.25, 0.3) is 5.69 Å². The van der Waals surface area contributed by atoms with Crippen LogP contribution in [0.4, 0.5) is 17.1 Å². The van der Waals surface area contributed by atoms with Crippen LogP contribution >= 0.6 is 0 Å². The van der Waals surface area contributed by atoms with Gasteiger partial charge in [-0.2, -0.15) is 5.26 Å². The summed E-state index contributed by atoms with van der Waals surface area (Å²) >= 11 is 0. The molecule has 0 radical (unpaired) electrons. The average Bonchev–Trinajstić information content (AvgIpc) is 3.56. The van der Waals surface area contributed by atoms with Crippen LogP contribution in [-0.4, -0.2) is 27.7 Å². The maximum Gasteiger partial charge on any atom is 0.271 e. The van der Waals surface area contributed by atoms with Crippen LogP contribution in [0.2, 0.25) is 0 Å². The third-order valence-electron chi connectivity index (χ3n) is 7.58. The van der Waals surface area contributed by atoms with E-state index in [9.17, 15) is 25.0 Å². The topological polar surface area (TPSA) is 112 Å². The van der Waals surface area contributed by atoms with E-state index in [4.69, 9.17) is 0 Å². The number of carbonyl (C=O) groups is 2. The summed E-state index contributed by atoms with van der Waals surface area (Å²) in [6.07, 6.45) is 6.37. The number of nitro benzene ring substituents is 1. The van der Waals surface area contributed by atoms with Gasteiger partial charge in [-0.15, -0.1) is 6.58 Å². The number of allylic oxidation sites excluding steroid dienone is 1. The number of para-hydroxylation sites is 1. The SMILES string of the molecule is C=CCN1C(=O)C2(C(C#N)=C(n3cccc3)N(c3cccc([N+](=O)[O-])c3)C3=C2C(=O)CCC3)c2ccccc21. The van der Waals surface area contributed by atoms with E-state index in [2.05, 4.69) is 12.6 Å². The number of carbonyl (C=O) groups excluding carboxylic acids is 2. The van der Waals surface area contributed by atoms with E-state index >= 15 is 0 Å². The molecule has 3 aromatic rings. The van der Waals surface area contributed by atoms with Gasteiger partial charge in [0.05, 0.1) is 16.2 Å². The molecule has 0 fully saturated rings. The van der Waals surface area contributed by atoms with Crippen LogP contribution in [0.25, 0.3) is 5.82 Å². The smallest absolute Gasteiger partial charge is 0.271 e. The molecule has 39 heavy (non-hydrogen) atoms. The van der Waals surface area contributed by atoms with Gasteiger partial charge >= 0.3 is 0 Å². The predicted molar refractivity (Wildman–Crippen MR) is 145 cm³/mol. The second kappa shape index (κ2) is 8.96. The molecule has 1 atom stereocenters. The lowest BCUT2D eigenvalue weighted by molar-refractivity contribution is -0.384. The molecule has 2 aromatic carbocycles. The van der Waals surface area contributed by atoms with Crippen molar-refractivity contribution >= 4 is 34.6 Å². The predicted octanol–water partition coefficient (Wildman–Crippen LogP) is 5.09. The molecule has 1 amide bonds. The fraction of sp³-hybridized carbons (Fsp3) is 0.167. The molecule has 0 saturated heterocycles. The molecule has 6 rings (SSSR count). The van der Waals surface area contributed by atoms with E-state index in [-0.39, 0.29) is 41.5 Å². The van der Waals surface area contributed by atoms with Crippen LogP contribution in [0.3, 0.4) is 0 Å². The first kappa shape index (κ1) is 24.1. The van der Waals surface area contributed by atoms with Crippen molar-refractivity contribution in [2.24, 2.45) is 0 Å². The van der Waals surface area contributed by atoms with Crippen LogP contribution in [0, 0.1) is 21.4 Å². The third-order valence-corrected chi connectivity index (χ3v) is 7.58. The Hall–Kier alpha value is -5.23. The third kappa shape index (κ3) is 3.25. The van der Waals surface area contributed by atoms with Crippen molar-refractivity contribution in [3.8, 4) is 6.07 Å². The summed E-state index contributed by atoms with van der Waals surface area (Å²) in [4.78, 5) is 43.0. The summed E-state index contributed by atoms with van der Waals surface area (Å²) in [5.74, 6) is -0.235. The Labute approximate surface area is 224 Å². The number of anilines is 2. The van der Waals surface area contributed by atoms with Gasteiger partial charge in [-0.1, -0.05) is 30.3 Å². The molecule has 3 aliphatic rings. The minimum atomic E-state index is -1.65. The minimum absolute atomic E-state index is 0.0863. The lowest BCUT2D eigenvalue weighted by Crippen LogP contribution is -2.51. The molecule has 1 aromatic heterocycles. The van der Waals surface area contributed by atoms with E-state index in [1.165, 1.54) is 12.1 Å². The molecule has 1 spiro atoms. The van der Waals surface area contributed by atoms with Crippen LogP contribution < -0.4 is 9.80 Å². The van der Waals surface area contributed by atoms with Gasteiger partial charge in [0.15, 0.2) is 5.78 Å². The fourth-order valence-corrected chi connectivity index (χ4v) is 6.13. The number of hydrogen-bond donors (Lipinski definition) is 0. The van der Waals surface area contributed by atoms with E-state index in [0.717, 1.165) is 0 Å². The zero-order chi connectivity index (χ0) is 27.3. The fourth-order valence-electron chi connectivity index (χ4n) is 6.13. The first-order valence-electron chi connectivity index (χ1n) is 12.6. The highest BCUT2D eigenvalue weighted by Gasteiger charge is 2.62. The number of rotatable bonds is 5. The van der Waals surface area contributed by atoms with Crippen molar-refractivity contribution in [1.82, 2.24) is 4.57 Å². The molecule has 9 heteroatoms. The summed E-state index contributed by atoms with van der Waals surface area (Å²) < 4.78 is 1.73. The van der Waals surface area contributed by atoms with E-state index in [0.29, 0.717) is 41.3 Å². The molecule has 0 N–H and O–H groups in total. The highest BCUT2D eigenvalue weighted by molar-refractivity contribution is 6.22. The normalized spacial score (nSPS) is 20.3. The Morgan fingerprint density at radius 2 is 1.85 bits per heavy atom. The van der Waals surface area contributed by atoms with Crippen molar-refractivity contribution in [2.45, 2.75) is 24.7 Å². The van der Waals surface area contributed by atoms with Crippen molar-refractivity contribution in [3.05, 3.63) is 118 Å². The van der Waals surface area contributed by atoms with Gasteiger partial charge in [0, 0.05) is 60.0 Å². The minimum Gasteiger partial charge on any atom is -0.309 e. The molecular weight excluding hydrogens is 494 g/mol. The Morgan fingerprint density at radius 1 is 1.08 bits per heavy atom. The lowest BCUT2D eigenvalue weighted by Gasteiger charge is -2.45. The van der Waals surface area contributed by atoms with Gasteiger partial charge in [-0.25, -0.2) is 0 Å². The number of ketones is 1. The second-order valence-corrected chi connectivity index (χ2v) is 9.58. The molecule has 192 valence electrons. The molecule has 2 aliphatic heterocycles. The van der Waals surface area contributed by atoms with Crippen LogP contribution in [0.1, 0.15) is 24.8 Å². The lowest BCUT2D eigenvalue weighted by atomic mass is 9.63. The number of nitriles is 1. The number of aromatic nitrogens is 1. The molecule has 1 unspecified atom stereocenters. The number of non-ortho nitro benzene ring substituents is 1. The van der Waals surface area contributed by atoms with Crippen molar-refractivity contribution in [3.63, 3.8) is 0 Å². The average molecular weight is 518 g/mol. The summed E-state index contributed by atoms with van der Waals surface area (Å²) in [5.41, 5.74) is 0.757. The van der Waals surface area contributed by atoms with Gasteiger partial charge in [-0.05, 0) is 37.1 Å². The Morgan fingerprint density at radius 3 is 2.56 bits per heavy atom. The summed E-state index contributed by atoms with van der Waals surface area (Å²) in [7, 11) is 0. The summed E-state index contributed by atoms with van der Waals surface area (Å²) in [6.45, 7) is 4.02. The molecule has 0 bridgehead atoms. The first-order chi connectivity index (χ1) is 18.9. The van der Waals surface area contributed by atoms with Gasteiger partial charge in [0.1, 0.15) is 17.3 Å². The second-order valence-electron chi connectivity index (χ2n) is 9.58. The Balaban J connectivity index is 1.77. The van der Waals surface area contributed by atoms with E-state index in [1.807, 2.05) is 12.1 Å². The quantitative estimate of drug-likeness (QED) is 0.265. The molecular formula is C30H23N5O4. The zero-order valence-electron chi connectivity index (χ0n) is 20.9. The molecule has 9 nitrogen and oxygen atoms in total. The molecule has 1 aliphatic carbocycles.